The summed E-state index contributed by atoms with van der Waals surface area (Å²) in [6.45, 7) is 0. The zero-order chi connectivity index (χ0) is 15.0. The van der Waals surface area contributed by atoms with Crippen molar-refractivity contribution in [3.63, 3.8) is 0 Å². The number of hydrogen-bond acceptors (Lipinski definition) is 1. The normalized spacial score (nSPS) is 21.3. The van der Waals surface area contributed by atoms with Gasteiger partial charge in [0.25, 0.3) is 0 Å². The molecule has 4 heteroatoms. The van der Waals surface area contributed by atoms with Gasteiger partial charge < -0.3 is 5.32 Å². The quantitative estimate of drug-likeness (QED) is 0.881. The number of rotatable bonds is 3. The van der Waals surface area contributed by atoms with Gasteiger partial charge in [-0.1, -0.05) is 36.4 Å². The molecule has 1 N–H and O–H groups in total. The van der Waals surface area contributed by atoms with E-state index >= 15 is 0 Å². The van der Waals surface area contributed by atoms with Crippen LogP contribution >= 0.6 is 0 Å². The molecule has 0 saturated heterocycles. The standard InChI is InChI=1S/C17H16F3N/c1-21-16-10-15(16)13-4-2-11(3-5-13)12-6-8-14(9-7-12)17(18,19)20/h2-9,15-16,21H,10H2,1H3. The zero-order valence-electron chi connectivity index (χ0n) is 11.6. The summed E-state index contributed by atoms with van der Waals surface area (Å²) >= 11 is 0. The summed E-state index contributed by atoms with van der Waals surface area (Å²) in [5.41, 5.74) is 2.41. The maximum atomic E-state index is 12.5. The van der Waals surface area contributed by atoms with Crippen molar-refractivity contribution in [2.75, 3.05) is 7.05 Å². The summed E-state index contributed by atoms with van der Waals surface area (Å²) in [6, 6.07) is 13.9. The minimum Gasteiger partial charge on any atom is -0.316 e. The van der Waals surface area contributed by atoms with Gasteiger partial charge in [0.2, 0.25) is 0 Å². The molecule has 0 amide bonds. The summed E-state index contributed by atoms with van der Waals surface area (Å²) in [6.07, 6.45) is -3.13. The second-order valence-electron chi connectivity index (χ2n) is 5.43. The molecule has 1 saturated carbocycles. The van der Waals surface area contributed by atoms with Gasteiger partial charge >= 0.3 is 6.18 Å². The molecule has 1 aliphatic carbocycles. The monoisotopic (exact) mass is 291 g/mol. The SMILES string of the molecule is CNC1CC1c1ccc(-c2ccc(C(F)(F)F)cc2)cc1. The molecule has 1 nitrogen and oxygen atoms in total. The van der Waals surface area contributed by atoms with Crippen LogP contribution in [0.1, 0.15) is 23.5 Å². The molecule has 0 spiro atoms. The van der Waals surface area contributed by atoms with Crippen LogP contribution in [0.15, 0.2) is 48.5 Å². The fraction of sp³-hybridized carbons (Fsp3) is 0.294. The van der Waals surface area contributed by atoms with E-state index in [1.165, 1.54) is 17.7 Å². The molecule has 110 valence electrons. The summed E-state index contributed by atoms with van der Waals surface area (Å²) in [4.78, 5) is 0. The third-order valence-corrected chi connectivity index (χ3v) is 4.05. The summed E-state index contributed by atoms with van der Waals surface area (Å²) < 4.78 is 37.6. The maximum absolute atomic E-state index is 12.5. The predicted molar refractivity (Wildman–Crippen MR) is 77.1 cm³/mol. The average Bonchev–Trinajstić information content (AvgIpc) is 3.26. The summed E-state index contributed by atoms with van der Waals surface area (Å²) in [7, 11) is 1.96. The molecule has 2 aromatic carbocycles. The number of hydrogen-bond donors (Lipinski definition) is 1. The van der Waals surface area contributed by atoms with E-state index in [-0.39, 0.29) is 0 Å². The largest absolute Gasteiger partial charge is 0.416 e. The first-order chi connectivity index (χ1) is 9.99. The Bertz CT molecular complexity index is 614. The number of alkyl halides is 3. The number of halogens is 3. The maximum Gasteiger partial charge on any atom is 0.416 e. The number of nitrogens with one attached hydrogen (secondary N) is 1. The van der Waals surface area contributed by atoms with Crippen molar-refractivity contribution in [2.45, 2.75) is 24.6 Å². The molecule has 0 heterocycles. The van der Waals surface area contributed by atoms with Crippen LogP contribution in [-0.4, -0.2) is 13.1 Å². The summed E-state index contributed by atoms with van der Waals surface area (Å²) in [5.74, 6) is 0.566. The van der Waals surface area contributed by atoms with Crippen LogP contribution in [-0.2, 0) is 6.18 Å². The Morgan fingerprint density at radius 3 is 1.86 bits per heavy atom. The Hall–Kier alpha value is -1.81. The van der Waals surface area contributed by atoms with E-state index in [0.29, 0.717) is 12.0 Å². The highest BCUT2D eigenvalue weighted by atomic mass is 19.4. The van der Waals surface area contributed by atoms with E-state index in [2.05, 4.69) is 17.4 Å². The van der Waals surface area contributed by atoms with Crippen molar-refractivity contribution in [1.29, 1.82) is 0 Å². The first kappa shape index (κ1) is 14.1. The van der Waals surface area contributed by atoms with E-state index in [1.807, 2.05) is 19.2 Å². The van der Waals surface area contributed by atoms with Gasteiger partial charge in [0, 0.05) is 12.0 Å². The lowest BCUT2D eigenvalue weighted by atomic mass is 10.0. The highest BCUT2D eigenvalue weighted by molar-refractivity contribution is 5.64. The van der Waals surface area contributed by atoms with E-state index in [9.17, 15) is 13.2 Å². The Balaban J connectivity index is 1.78. The van der Waals surface area contributed by atoms with E-state index in [1.54, 1.807) is 0 Å². The van der Waals surface area contributed by atoms with Crippen LogP contribution in [0.4, 0.5) is 13.2 Å². The Labute approximate surface area is 121 Å². The molecular formula is C17H16F3N. The fourth-order valence-corrected chi connectivity index (χ4v) is 2.66. The van der Waals surface area contributed by atoms with Gasteiger partial charge in [-0.25, -0.2) is 0 Å². The Morgan fingerprint density at radius 2 is 1.43 bits per heavy atom. The molecule has 2 aromatic rings. The zero-order valence-corrected chi connectivity index (χ0v) is 11.6. The smallest absolute Gasteiger partial charge is 0.316 e. The molecule has 3 rings (SSSR count). The van der Waals surface area contributed by atoms with Gasteiger partial charge in [-0.05, 0) is 42.3 Å². The predicted octanol–water partition coefficient (Wildman–Crippen LogP) is 4.45. The summed E-state index contributed by atoms with van der Waals surface area (Å²) in [5, 5.41) is 3.25. The number of benzene rings is 2. The minimum atomic E-state index is -4.28. The van der Waals surface area contributed by atoms with Crippen molar-refractivity contribution in [3.05, 3.63) is 59.7 Å². The van der Waals surface area contributed by atoms with Gasteiger partial charge in [0.1, 0.15) is 0 Å². The van der Waals surface area contributed by atoms with Crippen LogP contribution in [0.3, 0.4) is 0 Å². The lowest BCUT2D eigenvalue weighted by molar-refractivity contribution is -0.137. The van der Waals surface area contributed by atoms with Gasteiger partial charge in [-0.3, -0.25) is 0 Å². The first-order valence-corrected chi connectivity index (χ1v) is 6.94. The highest BCUT2D eigenvalue weighted by Crippen LogP contribution is 2.41. The Kier molecular flexibility index (Phi) is 3.49. The van der Waals surface area contributed by atoms with E-state index < -0.39 is 11.7 Å². The van der Waals surface area contributed by atoms with Crippen LogP contribution < -0.4 is 5.32 Å². The van der Waals surface area contributed by atoms with Crippen molar-refractivity contribution in [2.24, 2.45) is 0 Å². The third kappa shape index (κ3) is 2.95. The molecule has 0 bridgehead atoms. The van der Waals surface area contributed by atoms with Crippen molar-refractivity contribution >= 4 is 0 Å². The second kappa shape index (κ2) is 5.19. The highest BCUT2D eigenvalue weighted by Gasteiger charge is 2.36. The topological polar surface area (TPSA) is 12.0 Å². The van der Waals surface area contributed by atoms with Crippen molar-refractivity contribution < 1.29 is 13.2 Å². The van der Waals surface area contributed by atoms with Crippen molar-refractivity contribution in [3.8, 4) is 11.1 Å². The fourth-order valence-electron chi connectivity index (χ4n) is 2.66. The molecule has 0 aromatic heterocycles. The van der Waals surface area contributed by atoms with Crippen LogP contribution in [0.5, 0.6) is 0 Å². The third-order valence-electron chi connectivity index (χ3n) is 4.05. The van der Waals surface area contributed by atoms with E-state index in [0.717, 1.165) is 29.7 Å². The van der Waals surface area contributed by atoms with Crippen molar-refractivity contribution in [1.82, 2.24) is 5.32 Å². The number of likely N-dealkylation sites (N-methyl/N-ethyl adjacent to an activating group) is 1. The first-order valence-electron chi connectivity index (χ1n) is 6.94. The van der Waals surface area contributed by atoms with Gasteiger partial charge in [0.05, 0.1) is 5.56 Å². The minimum absolute atomic E-state index is 0.557. The molecule has 0 radical (unpaired) electrons. The Morgan fingerprint density at radius 1 is 0.905 bits per heavy atom. The van der Waals surface area contributed by atoms with Gasteiger partial charge in [-0.15, -0.1) is 0 Å². The molecule has 1 aliphatic rings. The molecule has 1 fully saturated rings. The van der Waals surface area contributed by atoms with Crippen LogP contribution in [0.2, 0.25) is 0 Å². The molecular weight excluding hydrogens is 275 g/mol. The molecule has 2 atom stereocenters. The van der Waals surface area contributed by atoms with Gasteiger partial charge in [0.15, 0.2) is 0 Å². The molecule has 21 heavy (non-hydrogen) atoms. The molecule has 2 unspecified atom stereocenters. The lowest BCUT2D eigenvalue weighted by Crippen LogP contribution is -2.10. The van der Waals surface area contributed by atoms with Crippen LogP contribution in [0.25, 0.3) is 11.1 Å². The molecule has 0 aliphatic heterocycles. The van der Waals surface area contributed by atoms with E-state index in [4.69, 9.17) is 0 Å². The van der Waals surface area contributed by atoms with Crippen LogP contribution in [0, 0.1) is 0 Å². The van der Waals surface area contributed by atoms with Gasteiger partial charge in [-0.2, -0.15) is 13.2 Å². The average molecular weight is 291 g/mol. The lowest BCUT2D eigenvalue weighted by Gasteiger charge is -2.08. The second-order valence-corrected chi connectivity index (χ2v) is 5.43.